The van der Waals surface area contributed by atoms with Gasteiger partial charge in [-0.2, -0.15) is 4.31 Å². The van der Waals surface area contributed by atoms with E-state index in [1.807, 2.05) is 55.1 Å². The predicted molar refractivity (Wildman–Crippen MR) is 121 cm³/mol. The minimum atomic E-state index is -3.43. The molecule has 3 rings (SSSR count). The van der Waals surface area contributed by atoms with Gasteiger partial charge in [0, 0.05) is 31.7 Å². The minimum absolute atomic E-state index is 0.0769. The van der Waals surface area contributed by atoms with Crippen molar-refractivity contribution in [2.24, 2.45) is 0 Å². The highest BCUT2D eigenvalue weighted by Crippen LogP contribution is 2.22. The first kappa shape index (κ1) is 22.5. The van der Waals surface area contributed by atoms with Gasteiger partial charge in [0.2, 0.25) is 15.9 Å². The fraction of sp³-hybridized carbons (Fsp3) is 0.458. The number of hydrogen-bond acceptors (Lipinski definition) is 3. The van der Waals surface area contributed by atoms with Gasteiger partial charge < -0.3 is 4.90 Å². The third-order valence-electron chi connectivity index (χ3n) is 5.78. The van der Waals surface area contributed by atoms with Gasteiger partial charge in [-0.3, -0.25) is 4.79 Å². The van der Waals surface area contributed by atoms with Gasteiger partial charge in [0.05, 0.1) is 4.90 Å². The number of amides is 1. The summed E-state index contributed by atoms with van der Waals surface area (Å²) in [6.07, 6.45) is 5.01. The van der Waals surface area contributed by atoms with Gasteiger partial charge in [-0.1, -0.05) is 43.2 Å². The molecule has 0 aliphatic carbocycles. The molecule has 0 bridgehead atoms. The second kappa shape index (κ2) is 10.2. The molecule has 5 nitrogen and oxygen atoms in total. The van der Waals surface area contributed by atoms with E-state index in [1.54, 1.807) is 16.4 Å². The van der Waals surface area contributed by atoms with E-state index in [1.165, 1.54) is 0 Å². The van der Waals surface area contributed by atoms with Gasteiger partial charge in [0.1, 0.15) is 0 Å². The van der Waals surface area contributed by atoms with Crippen molar-refractivity contribution in [3.63, 3.8) is 0 Å². The predicted octanol–water partition coefficient (Wildman–Crippen LogP) is 4.55. The first-order valence-electron chi connectivity index (χ1n) is 10.9. The Morgan fingerprint density at radius 2 is 1.60 bits per heavy atom. The SMILES string of the molecule is CCN(C(=O)CCc1ccc(S(=O)(=O)N2CCCCCC2)cc1)c1ccccc1C. The highest BCUT2D eigenvalue weighted by Gasteiger charge is 2.25. The molecule has 6 heteroatoms. The van der Waals surface area contributed by atoms with Crippen molar-refractivity contribution in [3.05, 3.63) is 59.7 Å². The summed E-state index contributed by atoms with van der Waals surface area (Å²) in [4.78, 5) is 14.9. The van der Waals surface area contributed by atoms with Crippen molar-refractivity contribution in [1.29, 1.82) is 0 Å². The average molecular weight is 429 g/mol. The largest absolute Gasteiger partial charge is 0.312 e. The second-order valence-corrected chi connectivity index (χ2v) is 9.82. The Balaban J connectivity index is 1.64. The van der Waals surface area contributed by atoms with Crippen molar-refractivity contribution < 1.29 is 13.2 Å². The lowest BCUT2D eigenvalue weighted by atomic mass is 10.1. The number of carbonyl (C=O) groups excluding carboxylic acids is 1. The summed E-state index contributed by atoms with van der Waals surface area (Å²) in [6.45, 7) is 5.81. The smallest absolute Gasteiger partial charge is 0.243 e. The molecule has 1 amide bonds. The molecule has 1 aliphatic rings. The standard InChI is InChI=1S/C24H32N2O3S/c1-3-26(23-11-7-6-10-20(23)2)24(27)17-14-21-12-15-22(16-13-21)30(28,29)25-18-8-4-5-9-19-25/h6-7,10-13,15-16H,3-5,8-9,14,17-19H2,1-2H3. The van der Waals surface area contributed by atoms with E-state index in [0.29, 0.717) is 37.4 Å². The molecule has 0 spiro atoms. The Bertz CT molecular complexity index is 947. The molecule has 1 heterocycles. The van der Waals surface area contributed by atoms with Crippen LogP contribution in [0.3, 0.4) is 0 Å². The molecule has 30 heavy (non-hydrogen) atoms. The van der Waals surface area contributed by atoms with Gasteiger partial charge in [-0.05, 0) is 62.4 Å². The third kappa shape index (κ3) is 5.29. The van der Waals surface area contributed by atoms with E-state index in [0.717, 1.165) is 42.5 Å². The van der Waals surface area contributed by atoms with E-state index in [9.17, 15) is 13.2 Å². The summed E-state index contributed by atoms with van der Waals surface area (Å²) in [6, 6.07) is 14.9. The van der Waals surface area contributed by atoms with Crippen molar-refractivity contribution in [1.82, 2.24) is 4.31 Å². The number of anilines is 1. The molecule has 0 aromatic heterocycles. The molecule has 0 saturated carbocycles. The fourth-order valence-electron chi connectivity index (χ4n) is 3.99. The van der Waals surface area contributed by atoms with Crippen LogP contribution in [0.15, 0.2) is 53.4 Å². The van der Waals surface area contributed by atoms with Crippen LogP contribution < -0.4 is 4.90 Å². The number of carbonyl (C=O) groups is 1. The van der Waals surface area contributed by atoms with Crippen molar-refractivity contribution in [3.8, 4) is 0 Å². The van der Waals surface area contributed by atoms with Crippen LogP contribution in [0, 0.1) is 6.92 Å². The zero-order valence-electron chi connectivity index (χ0n) is 18.0. The fourth-order valence-corrected chi connectivity index (χ4v) is 5.51. The zero-order valence-corrected chi connectivity index (χ0v) is 18.8. The van der Waals surface area contributed by atoms with Crippen LogP contribution in [0.1, 0.15) is 50.2 Å². The molecule has 1 aliphatic heterocycles. The average Bonchev–Trinajstić information content (AvgIpc) is 3.05. The number of rotatable bonds is 7. The first-order valence-corrected chi connectivity index (χ1v) is 12.3. The van der Waals surface area contributed by atoms with Crippen molar-refractivity contribution in [2.45, 2.75) is 57.3 Å². The summed E-state index contributed by atoms with van der Waals surface area (Å²) in [7, 11) is -3.43. The molecule has 1 fully saturated rings. The van der Waals surface area contributed by atoms with Crippen molar-refractivity contribution >= 4 is 21.6 Å². The summed E-state index contributed by atoms with van der Waals surface area (Å²) in [5.41, 5.74) is 3.00. The Hall–Kier alpha value is -2.18. The highest BCUT2D eigenvalue weighted by atomic mass is 32.2. The summed E-state index contributed by atoms with van der Waals surface area (Å²) < 4.78 is 27.4. The quantitative estimate of drug-likeness (QED) is 0.650. The van der Waals surface area contributed by atoms with Crippen LogP contribution >= 0.6 is 0 Å². The molecule has 0 atom stereocenters. The monoisotopic (exact) mass is 428 g/mol. The van der Waals surface area contributed by atoms with Crippen LogP contribution in [0.25, 0.3) is 0 Å². The number of para-hydroxylation sites is 1. The van der Waals surface area contributed by atoms with E-state index in [2.05, 4.69) is 0 Å². The highest BCUT2D eigenvalue weighted by molar-refractivity contribution is 7.89. The van der Waals surface area contributed by atoms with Crippen LogP contribution in [0.2, 0.25) is 0 Å². The van der Waals surface area contributed by atoms with Crippen LogP contribution in [-0.4, -0.2) is 38.3 Å². The topological polar surface area (TPSA) is 57.7 Å². The van der Waals surface area contributed by atoms with Gasteiger partial charge >= 0.3 is 0 Å². The Morgan fingerprint density at radius 3 is 2.20 bits per heavy atom. The second-order valence-electron chi connectivity index (χ2n) is 7.89. The van der Waals surface area contributed by atoms with Crippen LogP contribution in [0.5, 0.6) is 0 Å². The molecule has 0 unspecified atom stereocenters. The maximum Gasteiger partial charge on any atom is 0.243 e. The third-order valence-corrected chi connectivity index (χ3v) is 7.69. The van der Waals surface area contributed by atoms with Crippen molar-refractivity contribution in [2.75, 3.05) is 24.5 Å². The number of hydrogen-bond donors (Lipinski definition) is 0. The van der Waals surface area contributed by atoms with Gasteiger partial charge in [0.25, 0.3) is 0 Å². The Morgan fingerprint density at radius 1 is 0.967 bits per heavy atom. The van der Waals surface area contributed by atoms with E-state index >= 15 is 0 Å². The molecular formula is C24H32N2O3S. The van der Waals surface area contributed by atoms with Gasteiger partial charge in [-0.15, -0.1) is 0 Å². The summed E-state index contributed by atoms with van der Waals surface area (Å²) in [5, 5.41) is 0. The lowest BCUT2D eigenvalue weighted by molar-refractivity contribution is -0.118. The number of sulfonamides is 1. The maximum absolute atomic E-state index is 12.9. The molecule has 2 aromatic rings. The van der Waals surface area contributed by atoms with Crippen LogP contribution in [-0.2, 0) is 21.2 Å². The molecule has 1 saturated heterocycles. The Labute approximate surface area is 180 Å². The molecule has 162 valence electrons. The number of aryl methyl sites for hydroxylation is 2. The molecule has 2 aromatic carbocycles. The minimum Gasteiger partial charge on any atom is -0.312 e. The lowest BCUT2D eigenvalue weighted by Gasteiger charge is -2.23. The zero-order chi connectivity index (χ0) is 21.6. The molecule has 0 radical (unpaired) electrons. The normalized spacial score (nSPS) is 15.5. The Kier molecular flexibility index (Phi) is 7.67. The van der Waals surface area contributed by atoms with E-state index in [4.69, 9.17) is 0 Å². The molecule has 0 N–H and O–H groups in total. The van der Waals surface area contributed by atoms with Gasteiger partial charge in [-0.25, -0.2) is 8.42 Å². The van der Waals surface area contributed by atoms with E-state index < -0.39 is 10.0 Å². The number of benzene rings is 2. The van der Waals surface area contributed by atoms with E-state index in [-0.39, 0.29) is 5.91 Å². The summed E-state index contributed by atoms with van der Waals surface area (Å²) in [5.74, 6) is 0.0769. The lowest BCUT2D eigenvalue weighted by Crippen LogP contribution is -2.32. The first-order chi connectivity index (χ1) is 14.4. The van der Waals surface area contributed by atoms with Gasteiger partial charge in [0.15, 0.2) is 0 Å². The molecular weight excluding hydrogens is 396 g/mol. The number of nitrogens with zero attached hydrogens (tertiary/aromatic N) is 2. The maximum atomic E-state index is 12.9. The summed E-state index contributed by atoms with van der Waals surface area (Å²) >= 11 is 0. The van der Waals surface area contributed by atoms with Crippen LogP contribution in [0.4, 0.5) is 5.69 Å².